The quantitative estimate of drug-likeness (QED) is 0.632. The molecule has 2 aliphatic rings. The fraction of sp³-hybridized carbons (Fsp3) is 0.375. The number of aromatic nitrogens is 2. The number of fused-ring (bicyclic) bond motifs is 2. The lowest BCUT2D eigenvalue weighted by molar-refractivity contribution is 0.0927. The molecule has 2 fully saturated rings. The molecule has 3 aromatic rings. The van der Waals surface area contributed by atoms with E-state index in [1.165, 1.54) is 18.2 Å². The molecule has 3 atom stereocenters. The van der Waals surface area contributed by atoms with Crippen molar-refractivity contribution in [2.75, 3.05) is 0 Å². The molecule has 1 amide bonds. The van der Waals surface area contributed by atoms with Gasteiger partial charge in [-0.3, -0.25) is 14.2 Å². The standard InChI is InChI=1S/C24H23ClFN3O2/c1-2-20(28-23(30)13-3-5-14(25)6-4-13)22-18-10-16(11-19(18)22)29-12-27-21-9-15(26)7-8-17(21)24(29)31/h3-9,12,16,18-20,22H,2,10-11H2,1H3,(H,28,30). The van der Waals surface area contributed by atoms with Gasteiger partial charge in [0.1, 0.15) is 5.82 Å². The number of carbonyl (C=O) groups is 1. The molecular weight excluding hydrogens is 417 g/mol. The molecule has 2 aromatic carbocycles. The summed E-state index contributed by atoms with van der Waals surface area (Å²) in [6, 6.07) is 11.2. The average molecular weight is 440 g/mol. The Morgan fingerprint density at radius 1 is 1.23 bits per heavy atom. The van der Waals surface area contributed by atoms with Crippen LogP contribution < -0.4 is 10.9 Å². The lowest BCUT2D eigenvalue weighted by Crippen LogP contribution is -2.37. The van der Waals surface area contributed by atoms with Gasteiger partial charge in [0.05, 0.1) is 17.2 Å². The molecule has 5 nitrogen and oxygen atoms in total. The molecule has 5 rings (SSSR count). The third kappa shape index (κ3) is 3.63. The second kappa shape index (κ2) is 7.75. The van der Waals surface area contributed by atoms with Gasteiger partial charge in [-0.2, -0.15) is 0 Å². The van der Waals surface area contributed by atoms with Crippen molar-refractivity contribution in [3.05, 3.63) is 75.5 Å². The number of carbonyl (C=O) groups excluding carboxylic acids is 1. The zero-order valence-corrected chi connectivity index (χ0v) is 17.8. The minimum absolute atomic E-state index is 0.0766. The van der Waals surface area contributed by atoms with Crippen molar-refractivity contribution in [2.45, 2.75) is 38.3 Å². The van der Waals surface area contributed by atoms with Gasteiger partial charge in [0.2, 0.25) is 0 Å². The normalized spacial score (nSPS) is 25.3. The monoisotopic (exact) mass is 439 g/mol. The molecule has 0 saturated heterocycles. The number of benzene rings is 2. The van der Waals surface area contributed by atoms with Gasteiger partial charge in [0.25, 0.3) is 11.5 Å². The van der Waals surface area contributed by atoms with Crippen molar-refractivity contribution < 1.29 is 9.18 Å². The molecule has 7 heteroatoms. The van der Waals surface area contributed by atoms with Crippen molar-refractivity contribution >= 4 is 28.4 Å². The van der Waals surface area contributed by atoms with Gasteiger partial charge in [0, 0.05) is 28.7 Å². The van der Waals surface area contributed by atoms with Crippen molar-refractivity contribution in [1.29, 1.82) is 0 Å². The fourth-order valence-electron chi connectivity index (χ4n) is 5.38. The van der Waals surface area contributed by atoms with E-state index in [1.54, 1.807) is 35.2 Å². The van der Waals surface area contributed by atoms with Crippen LogP contribution >= 0.6 is 11.6 Å². The topological polar surface area (TPSA) is 64.0 Å². The summed E-state index contributed by atoms with van der Waals surface area (Å²) in [6.45, 7) is 2.09. The van der Waals surface area contributed by atoms with Crippen LogP contribution in [0.1, 0.15) is 42.6 Å². The van der Waals surface area contributed by atoms with Gasteiger partial charge in [0.15, 0.2) is 0 Å². The second-order valence-corrected chi connectivity index (χ2v) is 9.08. The van der Waals surface area contributed by atoms with Crippen LogP contribution in [0.5, 0.6) is 0 Å². The van der Waals surface area contributed by atoms with Crippen LogP contribution in [0.15, 0.2) is 53.6 Å². The number of hydrogen-bond acceptors (Lipinski definition) is 3. The first-order valence-electron chi connectivity index (χ1n) is 10.7. The maximum Gasteiger partial charge on any atom is 0.261 e. The molecule has 2 saturated carbocycles. The molecule has 160 valence electrons. The predicted molar refractivity (Wildman–Crippen MR) is 118 cm³/mol. The Morgan fingerprint density at radius 3 is 2.61 bits per heavy atom. The fourth-order valence-corrected chi connectivity index (χ4v) is 5.50. The Kier molecular flexibility index (Phi) is 5.05. The molecule has 2 aliphatic carbocycles. The highest BCUT2D eigenvalue weighted by atomic mass is 35.5. The van der Waals surface area contributed by atoms with Gasteiger partial charge in [-0.05, 0) is 73.4 Å². The first-order valence-corrected chi connectivity index (χ1v) is 11.1. The SMILES string of the molecule is CCC(NC(=O)c1ccc(Cl)cc1)C1C2CC(n3cnc4cc(F)ccc4c3=O)CC21. The Labute approximate surface area is 184 Å². The summed E-state index contributed by atoms with van der Waals surface area (Å²) in [5, 5.41) is 4.24. The smallest absolute Gasteiger partial charge is 0.261 e. The van der Waals surface area contributed by atoms with Crippen LogP contribution in [0.3, 0.4) is 0 Å². The van der Waals surface area contributed by atoms with E-state index in [2.05, 4.69) is 17.2 Å². The Hall–Kier alpha value is -2.73. The molecule has 0 spiro atoms. The summed E-state index contributed by atoms with van der Waals surface area (Å²) < 4.78 is 15.1. The molecule has 3 unspecified atom stereocenters. The zero-order valence-electron chi connectivity index (χ0n) is 17.1. The predicted octanol–water partition coefficient (Wildman–Crippen LogP) is 4.59. The van der Waals surface area contributed by atoms with E-state index in [-0.39, 0.29) is 23.6 Å². The van der Waals surface area contributed by atoms with E-state index in [9.17, 15) is 14.0 Å². The van der Waals surface area contributed by atoms with Crippen LogP contribution in [0.25, 0.3) is 10.9 Å². The van der Waals surface area contributed by atoms with Gasteiger partial charge in [-0.15, -0.1) is 0 Å². The zero-order chi connectivity index (χ0) is 21.7. The van der Waals surface area contributed by atoms with E-state index in [1.807, 2.05) is 0 Å². The molecule has 1 heterocycles. The van der Waals surface area contributed by atoms with E-state index in [0.717, 1.165) is 19.3 Å². The maximum atomic E-state index is 13.4. The Balaban J connectivity index is 1.27. The number of nitrogens with zero attached hydrogens (tertiary/aromatic N) is 2. The summed E-state index contributed by atoms with van der Waals surface area (Å²) in [6.07, 6.45) is 4.22. The van der Waals surface area contributed by atoms with E-state index >= 15 is 0 Å². The minimum Gasteiger partial charge on any atom is -0.349 e. The first kappa shape index (κ1) is 20.2. The van der Waals surface area contributed by atoms with E-state index in [4.69, 9.17) is 11.6 Å². The second-order valence-electron chi connectivity index (χ2n) is 8.64. The van der Waals surface area contributed by atoms with E-state index < -0.39 is 5.82 Å². The highest BCUT2D eigenvalue weighted by Gasteiger charge is 2.59. The maximum absolute atomic E-state index is 13.4. The lowest BCUT2D eigenvalue weighted by Gasteiger charge is -2.22. The molecule has 1 aromatic heterocycles. The van der Waals surface area contributed by atoms with Crippen molar-refractivity contribution in [2.24, 2.45) is 17.8 Å². The third-order valence-corrected chi connectivity index (χ3v) is 7.20. The van der Waals surface area contributed by atoms with Crippen LogP contribution in [0.2, 0.25) is 5.02 Å². The molecule has 0 aliphatic heterocycles. The van der Waals surface area contributed by atoms with Gasteiger partial charge in [-0.25, -0.2) is 9.37 Å². The Morgan fingerprint density at radius 2 is 1.94 bits per heavy atom. The van der Waals surface area contributed by atoms with Crippen molar-refractivity contribution in [3.63, 3.8) is 0 Å². The number of hydrogen-bond donors (Lipinski definition) is 1. The summed E-state index contributed by atoms with van der Waals surface area (Å²) in [4.78, 5) is 29.8. The lowest BCUT2D eigenvalue weighted by atomic mass is 9.99. The van der Waals surface area contributed by atoms with Crippen LogP contribution in [0, 0.1) is 23.6 Å². The molecule has 1 N–H and O–H groups in total. The number of amides is 1. The van der Waals surface area contributed by atoms with Crippen LogP contribution in [-0.4, -0.2) is 21.5 Å². The third-order valence-electron chi connectivity index (χ3n) is 6.95. The highest BCUT2D eigenvalue weighted by molar-refractivity contribution is 6.30. The molecule has 31 heavy (non-hydrogen) atoms. The summed E-state index contributed by atoms with van der Waals surface area (Å²) >= 11 is 5.91. The molecule has 0 radical (unpaired) electrons. The number of rotatable bonds is 5. The highest BCUT2D eigenvalue weighted by Crippen LogP contribution is 2.62. The number of nitrogens with one attached hydrogen (secondary N) is 1. The molecular formula is C24H23ClFN3O2. The summed E-state index contributed by atoms with van der Waals surface area (Å²) in [5.41, 5.74) is 0.880. The van der Waals surface area contributed by atoms with E-state index in [0.29, 0.717) is 39.2 Å². The van der Waals surface area contributed by atoms with Gasteiger partial charge < -0.3 is 5.32 Å². The summed E-state index contributed by atoms with van der Waals surface area (Å²) in [5.74, 6) is 0.962. The average Bonchev–Trinajstić information content (AvgIpc) is 3.24. The first-order chi connectivity index (χ1) is 15.0. The minimum atomic E-state index is -0.395. The summed E-state index contributed by atoms with van der Waals surface area (Å²) in [7, 11) is 0. The van der Waals surface area contributed by atoms with Crippen molar-refractivity contribution in [3.8, 4) is 0 Å². The molecule has 0 bridgehead atoms. The van der Waals surface area contributed by atoms with Crippen molar-refractivity contribution in [1.82, 2.24) is 14.9 Å². The van der Waals surface area contributed by atoms with Crippen LogP contribution in [0.4, 0.5) is 4.39 Å². The largest absolute Gasteiger partial charge is 0.349 e. The number of halogens is 2. The Bertz CT molecular complexity index is 1200. The van der Waals surface area contributed by atoms with Gasteiger partial charge >= 0.3 is 0 Å². The van der Waals surface area contributed by atoms with Crippen LogP contribution in [-0.2, 0) is 0 Å². The van der Waals surface area contributed by atoms with Gasteiger partial charge in [-0.1, -0.05) is 18.5 Å².